The minimum Gasteiger partial charge on any atom is -0.425 e. The number of aromatic nitrogens is 2. The van der Waals surface area contributed by atoms with E-state index in [0.717, 1.165) is 53.0 Å². The van der Waals surface area contributed by atoms with Crippen LogP contribution < -0.4 is 15.0 Å². The first-order chi connectivity index (χ1) is 15.1. The first-order valence-electron chi connectivity index (χ1n) is 10.7. The van der Waals surface area contributed by atoms with Crippen molar-refractivity contribution >= 4 is 16.6 Å². The number of nitrogens with two attached hydrogens (primary N) is 1. The quantitative estimate of drug-likeness (QED) is 0.437. The highest BCUT2D eigenvalue weighted by Gasteiger charge is 2.36. The lowest BCUT2D eigenvalue weighted by Gasteiger charge is -2.28. The van der Waals surface area contributed by atoms with Crippen LogP contribution in [0.5, 0.6) is 11.6 Å². The van der Waals surface area contributed by atoms with Crippen molar-refractivity contribution in [1.29, 1.82) is 0 Å². The number of benzene rings is 3. The number of hydrogen-bond donors (Lipinski definition) is 1. The molecular formula is C26H27N4O+. The van der Waals surface area contributed by atoms with E-state index in [1.807, 2.05) is 29.1 Å². The highest BCUT2D eigenvalue weighted by atomic mass is 16.5. The van der Waals surface area contributed by atoms with E-state index < -0.39 is 0 Å². The Bertz CT molecular complexity index is 1240. The Kier molecular flexibility index (Phi) is 5.04. The molecule has 1 aromatic heterocycles. The minimum absolute atomic E-state index is 0.0293. The van der Waals surface area contributed by atoms with Gasteiger partial charge in [-0.2, -0.15) is 0 Å². The molecule has 156 valence electrons. The fraction of sp³-hybridized carbons (Fsp3) is 0.231. The van der Waals surface area contributed by atoms with Gasteiger partial charge in [-0.15, -0.1) is 0 Å². The Morgan fingerprint density at radius 3 is 2.58 bits per heavy atom. The molecule has 5 heteroatoms. The summed E-state index contributed by atoms with van der Waals surface area (Å²) in [7, 11) is 4.17. The largest absolute Gasteiger partial charge is 0.425 e. The van der Waals surface area contributed by atoms with Crippen molar-refractivity contribution in [2.45, 2.75) is 18.9 Å². The van der Waals surface area contributed by atoms with E-state index in [4.69, 9.17) is 15.5 Å². The van der Waals surface area contributed by atoms with Crippen LogP contribution in [0.4, 0.5) is 5.82 Å². The number of ether oxygens (including phenoxy) is 1. The summed E-state index contributed by atoms with van der Waals surface area (Å²) in [5.41, 5.74) is 10.00. The third-order valence-corrected chi connectivity index (χ3v) is 5.98. The van der Waals surface area contributed by atoms with Crippen LogP contribution in [-0.2, 0) is 6.54 Å². The topological polar surface area (TPSA) is 55.3 Å². The van der Waals surface area contributed by atoms with Gasteiger partial charge in [0.2, 0.25) is 12.1 Å². The molecule has 0 saturated heterocycles. The van der Waals surface area contributed by atoms with E-state index in [9.17, 15) is 0 Å². The number of rotatable bonds is 5. The lowest BCUT2D eigenvalue weighted by molar-refractivity contribution is -0.686. The molecule has 0 unspecified atom stereocenters. The Morgan fingerprint density at radius 2 is 1.77 bits per heavy atom. The predicted octanol–water partition coefficient (Wildman–Crippen LogP) is 4.34. The van der Waals surface area contributed by atoms with E-state index in [1.54, 1.807) is 0 Å². The molecule has 2 heterocycles. The molecule has 1 aliphatic heterocycles. The van der Waals surface area contributed by atoms with Gasteiger partial charge in [0.1, 0.15) is 11.3 Å². The SMILES string of the molecule is CN(C)CCC[n+]1cnc2c(c1N)[C@H](c1ccccc1)c1ccc3ccccc3c1O2. The van der Waals surface area contributed by atoms with Crippen LogP contribution in [0.2, 0.25) is 0 Å². The zero-order valence-corrected chi connectivity index (χ0v) is 18.0. The maximum Gasteiger partial charge on any atom is 0.306 e. The molecule has 0 amide bonds. The Labute approximate surface area is 182 Å². The maximum atomic E-state index is 6.75. The van der Waals surface area contributed by atoms with Crippen LogP contribution in [0.25, 0.3) is 10.8 Å². The molecule has 0 saturated carbocycles. The van der Waals surface area contributed by atoms with Crippen molar-refractivity contribution < 1.29 is 9.30 Å². The van der Waals surface area contributed by atoms with Crippen molar-refractivity contribution in [3.05, 3.63) is 89.7 Å². The molecule has 1 atom stereocenters. The molecule has 3 aromatic carbocycles. The van der Waals surface area contributed by atoms with Gasteiger partial charge in [0, 0.05) is 17.5 Å². The zero-order chi connectivity index (χ0) is 21.4. The fourth-order valence-corrected chi connectivity index (χ4v) is 4.45. The molecule has 0 bridgehead atoms. The van der Waals surface area contributed by atoms with E-state index in [2.05, 4.69) is 67.5 Å². The molecule has 4 aromatic rings. The molecule has 2 N–H and O–H groups in total. The lowest BCUT2D eigenvalue weighted by atomic mass is 9.82. The van der Waals surface area contributed by atoms with E-state index in [1.165, 1.54) is 5.56 Å². The van der Waals surface area contributed by atoms with Gasteiger partial charge in [0.15, 0.2) is 0 Å². The third-order valence-electron chi connectivity index (χ3n) is 5.98. The van der Waals surface area contributed by atoms with Crippen molar-refractivity contribution in [3.8, 4) is 11.6 Å². The summed E-state index contributed by atoms with van der Waals surface area (Å²) in [6.07, 6.45) is 2.81. The van der Waals surface area contributed by atoms with Crippen LogP contribution in [0.1, 0.15) is 29.0 Å². The van der Waals surface area contributed by atoms with Crippen molar-refractivity contribution in [3.63, 3.8) is 0 Å². The smallest absolute Gasteiger partial charge is 0.306 e. The van der Waals surface area contributed by atoms with Crippen molar-refractivity contribution in [1.82, 2.24) is 9.88 Å². The number of nitrogens with zero attached hydrogens (tertiary/aromatic N) is 3. The molecule has 0 aliphatic carbocycles. The van der Waals surface area contributed by atoms with E-state index in [0.29, 0.717) is 5.88 Å². The van der Waals surface area contributed by atoms with Crippen LogP contribution in [0, 0.1) is 0 Å². The fourth-order valence-electron chi connectivity index (χ4n) is 4.45. The molecule has 0 fully saturated rings. The van der Waals surface area contributed by atoms with Gasteiger partial charge in [0.05, 0.1) is 12.5 Å². The molecular weight excluding hydrogens is 384 g/mol. The predicted molar refractivity (Wildman–Crippen MR) is 123 cm³/mol. The summed E-state index contributed by atoms with van der Waals surface area (Å²) in [5, 5.41) is 2.24. The second-order valence-corrected chi connectivity index (χ2v) is 8.35. The molecule has 0 spiro atoms. The van der Waals surface area contributed by atoms with Crippen molar-refractivity contribution in [2.75, 3.05) is 26.4 Å². The lowest BCUT2D eigenvalue weighted by Crippen LogP contribution is -2.40. The van der Waals surface area contributed by atoms with Crippen LogP contribution in [0.15, 0.2) is 73.1 Å². The average Bonchev–Trinajstić information content (AvgIpc) is 2.79. The van der Waals surface area contributed by atoms with Gasteiger partial charge < -0.3 is 15.4 Å². The highest BCUT2D eigenvalue weighted by Crippen LogP contribution is 2.50. The summed E-state index contributed by atoms with van der Waals surface area (Å²) in [5.74, 6) is 2.16. The summed E-state index contributed by atoms with van der Waals surface area (Å²) < 4.78 is 8.46. The highest BCUT2D eigenvalue weighted by molar-refractivity contribution is 5.91. The second kappa shape index (κ2) is 8.00. The number of fused-ring (bicyclic) bond motifs is 4. The normalized spacial score (nSPS) is 14.9. The molecule has 0 radical (unpaired) electrons. The minimum atomic E-state index is -0.0293. The van der Waals surface area contributed by atoms with Crippen LogP contribution >= 0.6 is 0 Å². The first-order valence-corrected chi connectivity index (χ1v) is 10.7. The second-order valence-electron chi connectivity index (χ2n) is 8.35. The van der Waals surface area contributed by atoms with Gasteiger partial charge in [-0.05, 0) is 31.5 Å². The van der Waals surface area contributed by atoms with Gasteiger partial charge in [-0.3, -0.25) is 0 Å². The van der Waals surface area contributed by atoms with Gasteiger partial charge in [-0.25, -0.2) is 4.57 Å². The number of hydrogen-bond acceptors (Lipinski definition) is 4. The monoisotopic (exact) mass is 411 g/mol. The Hall–Kier alpha value is -3.44. The van der Waals surface area contributed by atoms with Crippen LogP contribution in [0.3, 0.4) is 0 Å². The summed E-state index contributed by atoms with van der Waals surface area (Å²) in [4.78, 5) is 6.89. The average molecular weight is 412 g/mol. The standard InChI is InChI=1S/C26H26N4O/c1-29(2)15-8-16-30-17-28-26-23(25(30)27)22(19-10-4-3-5-11-19)21-14-13-18-9-6-7-12-20(18)24(21)31-26/h3-7,9-14,17,22,27H,8,15-16H2,1-2H3/p+1/t22-/m1/s1. The zero-order valence-electron chi connectivity index (χ0n) is 18.0. The molecule has 5 rings (SSSR count). The summed E-state index contributed by atoms with van der Waals surface area (Å²) >= 11 is 0. The number of anilines is 1. The number of aryl methyl sites for hydroxylation is 1. The van der Waals surface area contributed by atoms with Gasteiger partial charge in [0.25, 0.3) is 0 Å². The summed E-state index contributed by atoms with van der Waals surface area (Å²) in [6.45, 7) is 1.81. The maximum absolute atomic E-state index is 6.75. The van der Waals surface area contributed by atoms with Gasteiger partial charge >= 0.3 is 5.88 Å². The summed E-state index contributed by atoms with van der Waals surface area (Å²) in [6, 6.07) is 23.1. The molecule has 31 heavy (non-hydrogen) atoms. The van der Waals surface area contributed by atoms with E-state index >= 15 is 0 Å². The van der Waals surface area contributed by atoms with E-state index in [-0.39, 0.29) is 5.92 Å². The number of nitrogen functional groups attached to an aromatic ring is 1. The molecule has 1 aliphatic rings. The van der Waals surface area contributed by atoms with Crippen LogP contribution in [-0.4, -0.2) is 30.5 Å². The first kappa shape index (κ1) is 19.5. The third kappa shape index (κ3) is 3.51. The van der Waals surface area contributed by atoms with Crippen molar-refractivity contribution in [2.24, 2.45) is 0 Å². The van der Waals surface area contributed by atoms with Gasteiger partial charge in [-0.1, -0.05) is 71.7 Å². The Morgan fingerprint density at radius 1 is 1.00 bits per heavy atom. The Balaban J connectivity index is 1.68. The molecule has 5 nitrogen and oxygen atoms in total.